The van der Waals surface area contributed by atoms with Crippen LogP contribution in [-0.4, -0.2) is 51.3 Å². The number of urea groups is 1. The number of benzene rings is 1. The minimum Gasteiger partial charge on any atom is -0.383 e. The Hall–Kier alpha value is -1.63. The highest BCUT2D eigenvalue weighted by Gasteiger charge is 2.04. The summed E-state index contributed by atoms with van der Waals surface area (Å²) in [6.07, 6.45) is 0. The molecule has 0 aliphatic carbocycles. The van der Waals surface area contributed by atoms with E-state index in [1.807, 2.05) is 38.2 Å². The van der Waals surface area contributed by atoms with Crippen LogP contribution in [0, 0.1) is 0 Å². The average Bonchev–Trinajstić information content (AvgIpc) is 2.45. The normalized spacial score (nSPS) is 12.2. The van der Waals surface area contributed by atoms with E-state index in [1.165, 1.54) is 0 Å². The molecule has 0 fully saturated rings. The predicted molar refractivity (Wildman–Crippen MR) is 85.4 cm³/mol. The molecule has 0 spiro atoms. The molecule has 6 heteroatoms. The highest BCUT2D eigenvalue weighted by molar-refractivity contribution is 5.89. The van der Waals surface area contributed by atoms with Crippen molar-refractivity contribution in [1.82, 2.24) is 10.2 Å². The van der Waals surface area contributed by atoms with Crippen LogP contribution in [0.3, 0.4) is 0 Å². The Morgan fingerprint density at radius 3 is 2.86 bits per heavy atom. The lowest BCUT2D eigenvalue weighted by Gasteiger charge is -2.16. The Labute approximate surface area is 126 Å². The fraction of sp³-hybridized carbons (Fsp3) is 0.533. The van der Waals surface area contributed by atoms with Crippen LogP contribution in [0.4, 0.5) is 10.5 Å². The van der Waals surface area contributed by atoms with Gasteiger partial charge in [0.1, 0.15) is 0 Å². The van der Waals surface area contributed by atoms with Crippen LogP contribution < -0.4 is 16.4 Å². The van der Waals surface area contributed by atoms with Gasteiger partial charge < -0.3 is 26.0 Å². The molecule has 4 N–H and O–H groups in total. The average molecular weight is 294 g/mol. The van der Waals surface area contributed by atoms with Crippen molar-refractivity contribution in [2.24, 2.45) is 5.73 Å². The van der Waals surface area contributed by atoms with Crippen molar-refractivity contribution in [2.75, 3.05) is 45.7 Å². The van der Waals surface area contributed by atoms with E-state index in [1.54, 1.807) is 7.11 Å². The van der Waals surface area contributed by atoms with Crippen molar-refractivity contribution < 1.29 is 9.53 Å². The van der Waals surface area contributed by atoms with Gasteiger partial charge in [-0.05, 0) is 31.7 Å². The molecule has 1 rings (SSSR count). The molecular weight excluding hydrogens is 268 g/mol. The smallest absolute Gasteiger partial charge is 0.319 e. The van der Waals surface area contributed by atoms with Gasteiger partial charge in [0.05, 0.1) is 6.61 Å². The number of carbonyl (C=O) groups excluding carboxylic acids is 1. The number of rotatable bonds is 8. The summed E-state index contributed by atoms with van der Waals surface area (Å²) < 4.78 is 5.00. The molecule has 1 unspecified atom stereocenters. The Morgan fingerprint density at radius 1 is 1.43 bits per heavy atom. The SMILES string of the molecule is COCCN(C)CCNC(=O)Nc1cccc(C(C)N)c1. The standard InChI is InChI=1S/C15H26N4O2/c1-12(16)13-5-4-6-14(11-13)18-15(20)17-7-8-19(2)9-10-21-3/h4-6,11-12H,7-10,16H2,1-3H3,(H2,17,18,20). The molecular formula is C15H26N4O2. The summed E-state index contributed by atoms with van der Waals surface area (Å²) in [5.74, 6) is 0. The maximum atomic E-state index is 11.8. The van der Waals surface area contributed by atoms with Crippen LogP contribution in [0.2, 0.25) is 0 Å². The van der Waals surface area contributed by atoms with Crippen molar-refractivity contribution >= 4 is 11.7 Å². The molecule has 2 amide bonds. The summed E-state index contributed by atoms with van der Waals surface area (Å²) in [7, 11) is 3.67. The van der Waals surface area contributed by atoms with E-state index in [4.69, 9.17) is 10.5 Å². The van der Waals surface area contributed by atoms with Crippen LogP contribution >= 0.6 is 0 Å². The quantitative estimate of drug-likeness (QED) is 0.677. The minimum absolute atomic E-state index is 0.0516. The second-order valence-corrected chi connectivity index (χ2v) is 5.09. The molecule has 0 bridgehead atoms. The van der Waals surface area contributed by atoms with E-state index in [9.17, 15) is 4.79 Å². The Balaban J connectivity index is 2.32. The van der Waals surface area contributed by atoms with Gasteiger partial charge in [0.15, 0.2) is 0 Å². The van der Waals surface area contributed by atoms with Gasteiger partial charge in [-0.15, -0.1) is 0 Å². The fourth-order valence-corrected chi connectivity index (χ4v) is 1.79. The highest BCUT2D eigenvalue weighted by Crippen LogP contribution is 2.15. The number of amides is 2. The second kappa shape index (κ2) is 9.33. The summed E-state index contributed by atoms with van der Waals surface area (Å²) in [6.45, 7) is 4.80. The van der Waals surface area contributed by atoms with E-state index >= 15 is 0 Å². The maximum Gasteiger partial charge on any atom is 0.319 e. The topological polar surface area (TPSA) is 79.6 Å². The first-order valence-electron chi connectivity index (χ1n) is 7.10. The lowest BCUT2D eigenvalue weighted by Crippen LogP contribution is -2.36. The lowest BCUT2D eigenvalue weighted by atomic mass is 10.1. The van der Waals surface area contributed by atoms with Gasteiger partial charge in [0, 0.05) is 38.5 Å². The molecule has 21 heavy (non-hydrogen) atoms. The van der Waals surface area contributed by atoms with Gasteiger partial charge in [0.25, 0.3) is 0 Å². The summed E-state index contributed by atoms with van der Waals surface area (Å²) in [5, 5.41) is 5.63. The van der Waals surface area contributed by atoms with Crippen LogP contribution in [0.25, 0.3) is 0 Å². The number of ether oxygens (including phenoxy) is 1. The molecule has 0 aliphatic heterocycles. The number of hydrogen-bond donors (Lipinski definition) is 3. The Kier molecular flexibility index (Phi) is 7.74. The number of nitrogens with two attached hydrogens (primary N) is 1. The largest absolute Gasteiger partial charge is 0.383 e. The first kappa shape index (κ1) is 17.4. The van der Waals surface area contributed by atoms with E-state index in [-0.39, 0.29) is 12.1 Å². The van der Waals surface area contributed by atoms with Crippen LogP contribution in [0.1, 0.15) is 18.5 Å². The number of methoxy groups -OCH3 is 1. The zero-order valence-corrected chi connectivity index (χ0v) is 13.1. The molecule has 0 aromatic heterocycles. The molecule has 1 aromatic rings. The second-order valence-electron chi connectivity index (χ2n) is 5.09. The summed E-state index contributed by atoms with van der Waals surface area (Å²) in [5.41, 5.74) is 7.56. The van der Waals surface area contributed by atoms with E-state index in [0.29, 0.717) is 13.2 Å². The molecule has 0 saturated carbocycles. The monoisotopic (exact) mass is 294 g/mol. The van der Waals surface area contributed by atoms with Gasteiger partial charge in [-0.25, -0.2) is 4.79 Å². The molecule has 0 saturated heterocycles. The van der Waals surface area contributed by atoms with E-state index in [0.717, 1.165) is 24.3 Å². The molecule has 0 heterocycles. The van der Waals surface area contributed by atoms with Crippen molar-refractivity contribution in [2.45, 2.75) is 13.0 Å². The third-order valence-electron chi connectivity index (χ3n) is 3.13. The maximum absolute atomic E-state index is 11.8. The van der Waals surface area contributed by atoms with Crippen molar-refractivity contribution in [3.63, 3.8) is 0 Å². The van der Waals surface area contributed by atoms with Crippen LogP contribution in [0.15, 0.2) is 24.3 Å². The predicted octanol–water partition coefficient (Wildman–Crippen LogP) is 1.41. The number of hydrogen-bond acceptors (Lipinski definition) is 4. The van der Waals surface area contributed by atoms with Crippen LogP contribution in [0.5, 0.6) is 0 Å². The van der Waals surface area contributed by atoms with Gasteiger partial charge in [-0.1, -0.05) is 12.1 Å². The van der Waals surface area contributed by atoms with E-state index in [2.05, 4.69) is 15.5 Å². The molecule has 1 atom stereocenters. The highest BCUT2D eigenvalue weighted by atomic mass is 16.5. The zero-order chi connectivity index (χ0) is 15.7. The molecule has 1 aromatic carbocycles. The lowest BCUT2D eigenvalue weighted by molar-refractivity contribution is 0.161. The van der Waals surface area contributed by atoms with Crippen molar-refractivity contribution in [3.8, 4) is 0 Å². The number of anilines is 1. The number of nitrogens with one attached hydrogen (secondary N) is 2. The van der Waals surface area contributed by atoms with Gasteiger partial charge >= 0.3 is 6.03 Å². The summed E-state index contributed by atoms with van der Waals surface area (Å²) in [6, 6.07) is 7.29. The molecule has 0 radical (unpaired) electrons. The number of nitrogens with zero attached hydrogens (tertiary/aromatic N) is 1. The van der Waals surface area contributed by atoms with E-state index < -0.39 is 0 Å². The van der Waals surface area contributed by atoms with Crippen LogP contribution in [-0.2, 0) is 4.74 Å². The van der Waals surface area contributed by atoms with Gasteiger partial charge in [-0.2, -0.15) is 0 Å². The first-order valence-corrected chi connectivity index (χ1v) is 7.10. The third-order valence-corrected chi connectivity index (χ3v) is 3.13. The Bertz CT molecular complexity index is 437. The zero-order valence-electron chi connectivity index (χ0n) is 13.1. The van der Waals surface area contributed by atoms with Crippen molar-refractivity contribution in [3.05, 3.63) is 29.8 Å². The number of carbonyl (C=O) groups is 1. The summed E-state index contributed by atoms with van der Waals surface area (Å²) in [4.78, 5) is 13.9. The minimum atomic E-state index is -0.211. The fourth-order valence-electron chi connectivity index (χ4n) is 1.79. The number of likely N-dealkylation sites (N-methyl/N-ethyl adjacent to an activating group) is 1. The van der Waals surface area contributed by atoms with Gasteiger partial charge in [0.2, 0.25) is 0 Å². The van der Waals surface area contributed by atoms with Gasteiger partial charge in [-0.3, -0.25) is 0 Å². The van der Waals surface area contributed by atoms with Crippen molar-refractivity contribution in [1.29, 1.82) is 0 Å². The third kappa shape index (κ3) is 7.08. The molecule has 6 nitrogen and oxygen atoms in total. The Morgan fingerprint density at radius 2 is 2.19 bits per heavy atom. The summed E-state index contributed by atoms with van der Waals surface area (Å²) >= 11 is 0. The molecule has 0 aliphatic rings. The first-order chi connectivity index (χ1) is 10.0. The molecule has 118 valence electrons.